The van der Waals surface area contributed by atoms with Gasteiger partial charge in [0, 0.05) is 62.5 Å². The van der Waals surface area contributed by atoms with Gasteiger partial charge in [-0.1, -0.05) is 14.7 Å². The molecule has 0 aliphatic carbocycles. The third-order valence-corrected chi connectivity index (χ3v) is 7.70. The molecule has 0 spiro atoms. The Hall–Kier alpha value is -2.50. The van der Waals surface area contributed by atoms with Crippen molar-refractivity contribution in [1.82, 2.24) is 24.1 Å². The lowest BCUT2D eigenvalue weighted by molar-refractivity contribution is -0.123. The number of hydrogen-bond acceptors (Lipinski definition) is 4. The summed E-state index contributed by atoms with van der Waals surface area (Å²) in [6.45, 7) is 10.3. The predicted molar refractivity (Wildman–Crippen MR) is 122 cm³/mol. The fourth-order valence-electron chi connectivity index (χ4n) is 4.44. The van der Waals surface area contributed by atoms with E-state index in [-0.39, 0.29) is 17.5 Å². The number of carbonyl (C=O) groups excluding carboxylic acids is 1. The topological polar surface area (TPSA) is 44.1 Å². The highest BCUT2D eigenvalue weighted by Crippen LogP contribution is 2.44. The molecular weight excluding hydrogens is 412 g/mol. The van der Waals surface area contributed by atoms with Gasteiger partial charge in [-0.05, 0) is 38.2 Å². The molecule has 2 aromatic heterocycles. The average molecular weight is 439 g/mol. The van der Waals surface area contributed by atoms with Crippen molar-refractivity contribution < 1.29 is 9.18 Å². The molecule has 162 valence electrons. The molecule has 2 aromatic rings. The van der Waals surface area contributed by atoms with Crippen LogP contribution in [-0.4, -0.2) is 68.0 Å². The quantitative estimate of drug-likeness (QED) is 0.688. The first-order valence-corrected chi connectivity index (χ1v) is 11.8. The van der Waals surface area contributed by atoms with Crippen LogP contribution >= 0.6 is 8.58 Å². The van der Waals surface area contributed by atoms with Crippen molar-refractivity contribution in [3.63, 3.8) is 0 Å². The highest BCUT2D eigenvalue weighted by Gasteiger charge is 2.30. The zero-order chi connectivity index (χ0) is 21.7. The van der Waals surface area contributed by atoms with E-state index in [1.807, 2.05) is 24.2 Å². The van der Waals surface area contributed by atoms with E-state index < -0.39 is 0 Å². The van der Waals surface area contributed by atoms with Crippen molar-refractivity contribution in [2.24, 2.45) is 0 Å². The summed E-state index contributed by atoms with van der Waals surface area (Å²) in [5.41, 5.74) is 2.91. The van der Waals surface area contributed by atoms with Crippen LogP contribution in [0.25, 0.3) is 11.0 Å². The van der Waals surface area contributed by atoms with Gasteiger partial charge in [-0.15, -0.1) is 0 Å². The van der Waals surface area contributed by atoms with Crippen LogP contribution in [0.4, 0.5) is 4.39 Å². The summed E-state index contributed by atoms with van der Waals surface area (Å²) in [6.07, 6.45) is 11.6. The van der Waals surface area contributed by atoms with E-state index in [1.165, 1.54) is 6.07 Å². The fraction of sp³-hybridized carbons (Fsp3) is 0.391. The first-order valence-electron chi connectivity index (χ1n) is 10.7. The number of rotatable bonds is 3. The molecule has 6 nitrogen and oxygen atoms in total. The van der Waals surface area contributed by atoms with Crippen molar-refractivity contribution in [2.45, 2.75) is 32.6 Å². The zero-order valence-electron chi connectivity index (χ0n) is 18.0. The largest absolute Gasteiger partial charge is 0.368 e. The van der Waals surface area contributed by atoms with Crippen LogP contribution in [0, 0.1) is 12.7 Å². The first-order chi connectivity index (χ1) is 14.9. The summed E-state index contributed by atoms with van der Waals surface area (Å²) in [6, 6.07) is 2.05. The van der Waals surface area contributed by atoms with Gasteiger partial charge in [0.15, 0.2) is 11.5 Å². The Kier molecular flexibility index (Phi) is 5.19. The molecule has 31 heavy (non-hydrogen) atoms. The Morgan fingerprint density at radius 1 is 1.19 bits per heavy atom. The third kappa shape index (κ3) is 3.81. The monoisotopic (exact) mass is 439 g/mol. The molecule has 0 saturated carbocycles. The van der Waals surface area contributed by atoms with Gasteiger partial charge in [-0.2, -0.15) is 0 Å². The average Bonchev–Trinajstić information content (AvgIpc) is 3.14. The lowest BCUT2D eigenvalue weighted by atomic mass is 10.2. The maximum absolute atomic E-state index is 14.5. The Labute approximate surface area is 183 Å². The normalized spacial score (nSPS) is 23.0. The minimum Gasteiger partial charge on any atom is -0.368 e. The number of pyridine rings is 1. The molecule has 1 fully saturated rings. The summed E-state index contributed by atoms with van der Waals surface area (Å²) in [5.74, 6) is -0.437. The number of allylic oxidation sites excluding steroid dienone is 1. The second-order valence-electron chi connectivity index (χ2n) is 8.61. The maximum atomic E-state index is 14.5. The van der Waals surface area contributed by atoms with Crippen molar-refractivity contribution in [3.05, 3.63) is 65.7 Å². The van der Waals surface area contributed by atoms with Crippen LogP contribution in [0.5, 0.6) is 0 Å². The predicted octanol–water partition coefficient (Wildman–Crippen LogP) is 3.41. The molecule has 1 amide bonds. The number of halogens is 1. The number of piperazine rings is 1. The van der Waals surface area contributed by atoms with Crippen molar-refractivity contribution in [3.8, 4) is 0 Å². The molecular formula is C23H27FN5OP. The smallest absolute Gasteiger partial charge is 0.252 e. The zero-order valence-corrected chi connectivity index (χ0v) is 19.0. The number of nitrogens with zero attached hydrogens (tertiary/aromatic N) is 5. The van der Waals surface area contributed by atoms with E-state index in [0.717, 1.165) is 48.4 Å². The van der Waals surface area contributed by atoms with Crippen LogP contribution in [0.3, 0.4) is 0 Å². The Morgan fingerprint density at radius 2 is 1.97 bits per heavy atom. The second kappa shape index (κ2) is 7.88. The summed E-state index contributed by atoms with van der Waals surface area (Å²) < 4.78 is 16.2. The molecule has 1 saturated heterocycles. The van der Waals surface area contributed by atoms with E-state index in [9.17, 15) is 9.18 Å². The van der Waals surface area contributed by atoms with Gasteiger partial charge >= 0.3 is 0 Å². The third-order valence-electron chi connectivity index (χ3n) is 6.19. The molecule has 2 unspecified atom stereocenters. The molecule has 2 atom stereocenters. The lowest BCUT2D eigenvalue weighted by Crippen LogP contribution is -2.49. The van der Waals surface area contributed by atoms with Gasteiger partial charge in [0.05, 0.1) is 17.2 Å². The van der Waals surface area contributed by atoms with Crippen molar-refractivity contribution in [1.29, 1.82) is 0 Å². The summed E-state index contributed by atoms with van der Waals surface area (Å²) in [4.78, 5) is 23.8. The van der Waals surface area contributed by atoms with E-state index in [4.69, 9.17) is 0 Å². The van der Waals surface area contributed by atoms with Crippen LogP contribution in [-0.2, 0) is 4.79 Å². The molecule has 3 aliphatic heterocycles. The highest BCUT2D eigenvalue weighted by atomic mass is 31.1. The number of hydrogen-bond donors (Lipinski definition) is 0. The number of aromatic nitrogens is 2. The van der Waals surface area contributed by atoms with Crippen LogP contribution in [0.2, 0.25) is 0 Å². The van der Waals surface area contributed by atoms with Crippen LogP contribution < -0.4 is 0 Å². The molecule has 0 aromatic carbocycles. The Bertz CT molecular complexity index is 1130. The minimum atomic E-state index is -0.368. The van der Waals surface area contributed by atoms with E-state index in [0.29, 0.717) is 20.3 Å². The first kappa shape index (κ1) is 20.4. The summed E-state index contributed by atoms with van der Waals surface area (Å²) in [5, 5.41) is 0.880. The van der Waals surface area contributed by atoms with Gasteiger partial charge in [0.25, 0.3) is 5.91 Å². The summed E-state index contributed by atoms with van der Waals surface area (Å²) in [7, 11) is 0.359. The fourth-order valence-corrected chi connectivity index (χ4v) is 5.80. The Balaban J connectivity index is 1.37. The summed E-state index contributed by atoms with van der Waals surface area (Å²) >= 11 is 0. The second-order valence-corrected chi connectivity index (χ2v) is 10.0. The van der Waals surface area contributed by atoms with Gasteiger partial charge in [0.2, 0.25) is 0 Å². The molecule has 0 bridgehead atoms. The highest BCUT2D eigenvalue weighted by molar-refractivity contribution is 7.51. The molecule has 0 N–H and O–H groups in total. The molecule has 5 rings (SSSR count). The lowest BCUT2D eigenvalue weighted by Gasteiger charge is -2.41. The minimum absolute atomic E-state index is 0.0171. The van der Waals surface area contributed by atoms with Gasteiger partial charge in [-0.3, -0.25) is 9.69 Å². The van der Waals surface area contributed by atoms with Crippen molar-refractivity contribution >= 4 is 25.4 Å². The van der Waals surface area contributed by atoms with Gasteiger partial charge in [-0.25, -0.2) is 9.37 Å². The Morgan fingerprint density at radius 3 is 2.71 bits per heavy atom. The van der Waals surface area contributed by atoms with Crippen LogP contribution in [0.15, 0.2) is 48.6 Å². The molecule has 3 aliphatic rings. The van der Waals surface area contributed by atoms with Gasteiger partial charge in [0.1, 0.15) is 0 Å². The molecule has 0 radical (unpaired) electrons. The standard InChI is InChI=1S/C23H27FN5OP/c1-15(2)26-6-8-27(9-7-26)18-4-5-22-29(14-18)21(30)11-20(31-22)17-10-19(24)23-25-16(3)12-28(23)13-17/h4-5,10-15,22,31H,6-9H2,1-3H3. The van der Waals surface area contributed by atoms with Crippen molar-refractivity contribution in [2.75, 3.05) is 26.2 Å². The molecule has 5 heterocycles. The van der Waals surface area contributed by atoms with E-state index in [1.54, 1.807) is 16.7 Å². The van der Waals surface area contributed by atoms with Gasteiger partial charge < -0.3 is 14.2 Å². The number of amides is 1. The number of aryl methyl sites for hydroxylation is 1. The number of imidazole rings is 1. The SMILES string of the molecule is Cc1cn2cc(C3=CC(=O)N4C=C(N5CCN(C(C)C)CC5)C=CC4P3)cc(F)c2n1. The van der Waals surface area contributed by atoms with E-state index in [2.05, 4.69) is 40.8 Å². The maximum Gasteiger partial charge on any atom is 0.252 e. The molecule has 8 heteroatoms. The van der Waals surface area contributed by atoms with E-state index >= 15 is 0 Å². The van der Waals surface area contributed by atoms with Crippen LogP contribution in [0.1, 0.15) is 25.1 Å². The number of fused-ring (bicyclic) bond motifs is 2. The number of carbonyl (C=O) groups is 1.